The molecule has 1 aliphatic rings. The van der Waals surface area contributed by atoms with Gasteiger partial charge in [-0.25, -0.2) is 8.42 Å². The van der Waals surface area contributed by atoms with Gasteiger partial charge in [0, 0.05) is 18.6 Å². The second-order valence-electron chi connectivity index (χ2n) is 5.49. The van der Waals surface area contributed by atoms with Crippen LogP contribution in [-0.4, -0.2) is 49.4 Å². The van der Waals surface area contributed by atoms with E-state index in [0.29, 0.717) is 17.5 Å². The summed E-state index contributed by atoms with van der Waals surface area (Å²) < 4.78 is 24.6. The first-order valence-electron chi connectivity index (χ1n) is 7.19. The lowest BCUT2D eigenvalue weighted by atomic mass is 9.97. The smallest absolute Gasteiger partial charge is 0.179 e. The first-order chi connectivity index (χ1) is 9.54. The van der Waals surface area contributed by atoms with Gasteiger partial charge in [-0.1, -0.05) is 24.6 Å². The van der Waals surface area contributed by atoms with Crippen LogP contribution in [0.15, 0.2) is 35.2 Å². The Bertz CT molecular complexity index is 515. The minimum Gasteiger partial charge on any atom is -0.395 e. The number of piperidine rings is 1. The normalized spacial score (nSPS) is 24.7. The van der Waals surface area contributed by atoms with Gasteiger partial charge in [0.1, 0.15) is 0 Å². The molecule has 1 saturated heterocycles. The molecule has 1 aliphatic heterocycles. The summed E-state index contributed by atoms with van der Waals surface area (Å²) in [6.07, 6.45) is 3.13. The Balaban J connectivity index is 2.03. The fourth-order valence-corrected chi connectivity index (χ4v) is 4.17. The number of nitrogens with zero attached hydrogens (tertiary/aromatic N) is 1. The second kappa shape index (κ2) is 6.70. The second-order valence-corrected chi connectivity index (χ2v) is 7.60. The van der Waals surface area contributed by atoms with Crippen LogP contribution < -0.4 is 0 Å². The van der Waals surface area contributed by atoms with E-state index in [4.69, 9.17) is 0 Å². The van der Waals surface area contributed by atoms with E-state index in [1.54, 1.807) is 24.3 Å². The van der Waals surface area contributed by atoms with E-state index >= 15 is 0 Å². The molecule has 0 aromatic heterocycles. The van der Waals surface area contributed by atoms with Crippen LogP contribution in [0.5, 0.6) is 0 Å². The minimum atomic E-state index is -3.24. The van der Waals surface area contributed by atoms with Crippen molar-refractivity contribution in [1.29, 1.82) is 0 Å². The maximum absolute atomic E-state index is 12.3. The summed E-state index contributed by atoms with van der Waals surface area (Å²) in [5.74, 6) is 0.109. The van der Waals surface area contributed by atoms with Crippen molar-refractivity contribution in [3.05, 3.63) is 30.3 Å². The number of aliphatic hydroxyl groups excluding tert-OH is 1. The molecule has 0 radical (unpaired) electrons. The van der Waals surface area contributed by atoms with Crippen molar-refractivity contribution < 1.29 is 13.5 Å². The largest absolute Gasteiger partial charge is 0.395 e. The van der Waals surface area contributed by atoms with Crippen LogP contribution in [-0.2, 0) is 9.84 Å². The maximum Gasteiger partial charge on any atom is 0.179 e. The van der Waals surface area contributed by atoms with E-state index in [1.807, 2.05) is 6.07 Å². The first-order valence-corrected chi connectivity index (χ1v) is 8.84. The predicted octanol–water partition coefficient (Wildman–Crippen LogP) is 1.70. The maximum atomic E-state index is 12.3. The third kappa shape index (κ3) is 3.59. The average Bonchev–Trinajstić information content (AvgIpc) is 2.46. The lowest BCUT2D eigenvalue weighted by molar-refractivity contribution is 0.0574. The zero-order chi connectivity index (χ0) is 14.6. The van der Waals surface area contributed by atoms with Gasteiger partial charge in [-0.15, -0.1) is 0 Å². The van der Waals surface area contributed by atoms with Crippen LogP contribution in [0.3, 0.4) is 0 Å². The van der Waals surface area contributed by atoms with Crippen LogP contribution in [0.25, 0.3) is 0 Å². The molecule has 0 aliphatic carbocycles. The molecule has 1 heterocycles. The highest BCUT2D eigenvalue weighted by atomic mass is 32.2. The molecule has 112 valence electrons. The monoisotopic (exact) mass is 297 g/mol. The molecule has 0 bridgehead atoms. The fraction of sp³-hybridized carbons (Fsp3) is 0.600. The Labute approximate surface area is 121 Å². The molecule has 0 amide bonds. The van der Waals surface area contributed by atoms with Crippen molar-refractivity contribution in [1.82, 2.24) is 4.90 Å². The summed E-state index contributed by atoms with van der Waals surface area (Å²) in [7, 11) is -3.24. The molecule has 1 N–H and O–H groups in total. The zero-order valence-electron chi connectivity index (χ0n) is 11.9. The lowest BCUT2D eigenvalue weighted by Crippen LogP contribution is -2.48. The number of hydrogen-bond acceptors (Lipinski definition) is 4. The third-order valence-corrected chi connectivity index (χ3v) is 5.84. The van der Waals surface area contributed by atoms with Crippen molar-refractivity contribution in [3.8, 4) is 0 Å². The van der Waals surface area contributed by atoms with Crippen molar-refractivity contribution in [2.75, 3.05) is 18.9 Å². The molecule has 0 saturated carbocycles. The van der Waals surface area contributed by atoms with E-state index in [-0.39, 0.29) is 18.4 Å². The molecule has 2 unspecified atom stereocenters. The summed E-state index contributed by atoms with van der Waals surface area (Å²) in [4.78, 5) is 2.52. The summed E-state index contributed by atoms with van der Waals surface area (Å²) in [5, 5.41) is 9.43. The van der Waals surface area contributed by atoms with Crippen molar-refractivity contribution in [3.63, 3.8) is 0 Å². The van der Waals surface area contributed by atoms with Gasteiger partial charge in [0.25, 0.3) is 0 Å². The molecule has 2 rings (SSSR count). The van der Waals surface area contributed by atoms with Gasteiger partial charge in [0.15, 0.2) is 9.84 Å². The van der Waals surface area contributed by atoms with Gasteiger partial charge in [0.2, 0.25) is 0 Å². The average molecular weight is 297 g/mol. The predicted molar refractivity (Wildman–Crippen MR) is 79.4 cm³/mol. The van der Waals surface area contributed by atoms with E-state index < -0.39 is 9.84 Å². The first kappa shape index (κ1) is 15.5. The summed E-state index contributed by atoms with van der Waals surface area (Å²) in [5.41, 5.74) is 0. The number of hydrogen-bond donors (Lipinski definition) is 1. The molecule has 1 aromatic carbocycles. The number of likely N-dealkylation sites (tertiary alicyclic amines) is 1. The highest BCUT2D eigenvalue weighted by molar-refractivity contribution is 7.91. The van der Waals surface area contributed by atoms with Gasteiger partial charge in [-0.05, 0) is 31.9 Å². The summed E-state index contributed by atoms with van der Waals surface area (Å²) >= 11 is 0. The minimum absolute atomic E-state index is 0.102. The standard InChI is InChI=1S/C15H23NO3S/c1-13-6-5-7-14(12-17)16(13)10-11-20(18,19)15-8-3-2-4-9-15/h2-4,8-9,13-14,17H,5-7,10-12H2,1H3. The van der Waals surface area contributed by atoms with Crippen LogP contribution in [0.2, 0.25) is 0 Å². The molecule has 20 heavy (non-hydrogen) atoms. The van der Waals surface area contributed by atoms with Gasteiger partial charge in [-0.3, -0.25) is 4.90 Å². The lowest BCUT2D eigenvalue weighted by Gasteiger charge is -2.39. The van der Waals surface area contributed by atoms with Gasteiger partial charge < -0.3 is 5.11 Å². The van der Waals surface area contributed by atoms with Crippen molar-refractivity contribution >= 4 is 9.84 Å². The van der Waals surface area contributed by atoms with E-state index in [0.717, 1.165) is 19.3 Å². The Kier molecular flexibility index (Phi) is 5.18. The van der Waals surface area contributed by atoms with E-state index in [2.05, 4.69) is 11.8 Å². The highest BCUT2D eigenvalue weighted by Crippen LogP contribution is 2.23. The Morgan fingerprint density at radius 1 is 1.25 bits per heavy atom. The van der Waals surface area contributed by atoms with Gasteiger partial charge >= 0.3 is 0 Å². The molecule has 0 spiro atoms. The molecule has 2 atom stereocenters. The molecular weight excluding hydrogens is 274 g/mol. The van der Waals surface area contributed by atoms with Crippen LogP contribution >= 0.6 is 0 Å². The topological polar surface area (TPSA) is 57.6 Å². The summed E-state index contributed by atoms with van der Waals surface area (Å²) in [6.45, 7) is 2.70. The van der Waals surface area contributed by atoms with Crippen LogP contribution in [0, 0.1) is 0 Å². The third-order valence-electron chi connectivity index (χ3n) is 4.13. The van der Waals surface area contributed by atoms with Gasteiger partial charge in [0.05, 0.1) is 17.3 Å². The SMILES string of the molecule is CC1CCCC(CO)N1CCS(=O)(=O)c1ccccc1. The van der Waals surface area contributed by atoms with Crippen molar-refractivity contribution in [2.24, 2.45) is 0 Å². The van der Waals surface area contributed by atoms with Crippen LogP contribution in [0.1, 0.15) is 26.2 Å². The molecule has 4 nitrogen and oxygen atoms in total. The van der Waals surface area contributed by atoms with Crippen molar-refractivity contribution in [2.45, 2.75) is 43.2 Å². The number of benzene rings is 1. The molecular formula is C15H23NO3S. The molecule has 1 aromatic rings. The number of sulfone groups is 1. The van der Waals surface area contributed by atoms with Crippen LogP contribution in [0.4, 0.5) is 0 Å². The Morgan fingerprint density at radius 2 is 1.95 bits per heavy atom. The Morgan fingerprint density at radius 3 is 2.60 bits per heavy atom. The Hall–Kier alpha value is -0.910. The number of aliphatic hydroxyl groups is 1. The van der Waals surface area contributed by atoms with E-state index in [1.165, 1.54) is 0 Å². The van der Waals surface area contributed by atoms with Gasteiger partial charge in [-0.2, -0.15) is 0 Å². The summed E-state index contributed by atoms with van der Waals surface area (Å²) in [6, 6.07) is 9.02. The fourth-order valence-electron chi connectivity index (χ4n) is 2.91. The zero-order valence-corrected chi connectivity index (χ0v) is 12.7. The number of rotatable bonds is 5. The molecule has 5 heteroatoms. The highest BCUT2D eigenvalue weighted by Gasteiger charge is 2.28. The quantitative estimate of drug-likeness (QED) is 0.898. The van der Waals surface area contributed by atoms with E-state index in [9.17, 15) is 13.5 Å². The molecule has 1 fully saturated rings.